The molecule has 6 aromatic rings. The summed E-state index contributed by atoms with van der Waals surface area (Å²) in [5.74, 6) is 3.61. The van der Waals surface area contributed by atoms with Gasteiger partial charge in [-0.15, -0.1) is 5.10 Å². The van der Waals surface area contributed by atoms with Crippen LogP contribution in [0.5, 0.6) is 23.0 Å². The summed E-state index contributed by atoms with van der Waals surface area (Å²) < 4.78 is 28.5. The summed E-state index contributed by atoms with van der Waals surface area (Å²) in [4.78, 5) is 0. The standard InChI is InChI=1S/C61H79N3O4/c1-38-21-23-39(24-22-38)53-37-64(63-62-53)25-19-18-20-50-51-35-48(60(8,9)10)33-44(56(51)67-16)27-42-31-46(58(2,3)4)29-40(54(42)65-14)26-41-30-47(59(5,6)7)32-43(55(41)66-15)28-45-34-49(61(11,12)13)36-52(50)57(45)68-17/h21-24,29-37,50H,18-20,25-28H2,1-17H3. The fourth-order valence-corrected chi connectivity index (χ4v) is 9.98. The summed E-state index contributed by atoms with van der Waals surface area (Å²) in [5, 5.41) is 9.13. The fourth-order valence-electron chi connectivity index (χ4n) is 9.98. The second-order valence-corrected chi connectivity index (χ2v) is 23.5. The van der Waals surface area contributed by atoms with Gasteiger partial charge in [-0.25, -0.2) is 0 Å². The molecule has 8 bridgehead atoms. The lowest BCUT2D eigenvalue weighted by molar-refractivity contribution is 0.388. The number of nitrogens with zero attached hydrogens (tertiary/aromatic N) is 3. The molecule has 0 amide bonds. The van der Waals surface area contributed by atoms with Crippen LogP contribution in [-0.2, 0) is 47.5 Å². The number of aryl methyl sites for hydroxylation is 2. The molecule has 1 aromatic heterocycles. The quantitative estimate of drug-likeness (QED) is 0.128. The molecule has 362 valence electrons. The minimum atomic E-state index is -0.140. The Morgan fingerprint density at radius 1 is 0.485 bits per heavy atom. The number of aromatic nitrogens is 3. The summed E-state index contributed by atoms with van der Waals surface area (Å²) in [6, 6.07) is 27.6. The Morgan fingerprint density at radius 2 is 0.838 bits per heavy atom. The lowest BCUT2D eigenvalue weighted by atomic mass is 9.76. The van der Waals surface area contributed by atoms with Crippen LogP contribution in [0.1, 0.15) is 181 Å². The molecule has 68 heavy (non-hydrogen) atoms. The molecule has 0 fully saturated rings. The molecule has 0 unspecified atom stereocenters. The zero-order chi connectivity index (χ0) is 49.5. The summed E-state index contributed by atoms with van der Waals surface area (Å²) in [6.07, 6.45) is 6.73. The Balaban J connectivity index is 1.50. The van der Waals surface area contributed by atoms with E-state index in [2.05, 4.69) is 179 Å². The van der Waals surface area contributed by atoms with E-state index in [-0.39, 0.29) is 27.6 Å². The van der Waals surface area contributed by atoms with E-state index in [1.165, 1.54) is 38.9 Å². The van der Waals surface area contributed by atoms with Gasteiger partial charge >= 0.3 is 0 Å². The van der Waals surface area contributed by atoms with E-state index in [9.17, 15) is 0 Å². The lowest BCUT2D eigenvalue weighted by Gasteiger charge is -2.31. The first-order chi connectivity index (χ1) is 31.9. The van der Waals surface area contributed by atoms with Gasteiger partial charge in [0.15, 0.2) is 0 Å². The monoisotopic (exact) mass is 918 g/mol. The molecule has 0 aliphatic heterocycles. The van der Waals surface area contributed by atoms with Crippen LogP contribution in [0.4, 0.5) is 0 Å². The van der Waals surface area contributed by atoms with E-state index in [1.807, 2.05) is 33.1 Å². The van der Waals surface area contributed by atoms with Crippen molar-refractivity contribution in [3.63, 3.8) is 0 Å². The number of methoxy groups -OCH3 is 4. The molecular weight excluding hydrogens is 839 g/mol. The van der Waals surface area contributed by atoms with Crippen molar-refractivity contribution in [1.29, 1.82) is 0 Å². The molecule has 5 aromatic carbocycles. The second kappa shape index (κ2) is 19.4. The van der Waals surface area contributed by atoms with Gasteiger partial charge in [0.2, 0.25) is 0 Å². The first-order valence-electron chi connectivity index (χ1n) is 24.7. The van der Waals surface area contributed by atoms with Crippen molar-refractivity contribution in [1.82, 2.24) is 15.0 Å². The first kappa shape index (κ1) is 50.3. The summed E-state index contributed by atoms with van der Waals surface area (Å²) in [6.45, 7) is 30.6. The zero-order valence-corrected chi connectivity index (χ0v) is 44.5. The van der Waals surface area contributed by atoms with Crippen LogP contribution in [0.3, 0.4) is 0 Å². The maximum absolute atomic E-state index is 6.72. The topological polar surface area (TPSA) is 67.6 Å². The number of hydrogen-bond acceptors (Lipinski definition) is 6. The van der Waals surface area contributed by atoms with Crippen molar-refractivity contribution in [2.24, 2.45) is 0 Å². The van der Waals surface area contributed by atoms with Crippen LogP contribution in [0.25, 0.3) is 11.3 Å². The molecule has 0 saturated heterocycles. The van der Waals surface area contributed by atoms with Gasteiger partial charge in [-0.05, 0) is 97.1 Å². The van der Waals surface area contributed by atoms with E-state index >= 15 is 0 Å². The highest BCUT2D eigenvalue weighted by atomic mass is 16.5. The summed E-state index contributed by atoms with van der Waals surface area (Å²) >= 11 is 0. The van der Waals surface area contributed by atoms with Gasteiger partial charge in [-0.2, -0.15) is 0 Å². The Bertz CT molecular complexity index is 2610. The molecular formula is C61H79N3O4. The highest BCUT2D eigenvalue weighted by molar-refractivity contribution is 5.62. The summed E-state index contributed by atoms with van der Waals surface area (Å²) in [5.41, 5.74) is 17.0. The van der Waals surface area contributed by atoms with Crippen LogP contribution in [0.15, 0.2) is 79.0 Å². The molecule has 0 N–H and O–H groups in total. The predicted molar refractivity (Wildman–Crippen MR) is 281 cm³/mol. The van der Waals surface area contributed by atoms with Crippen LogP contribution in [0.2, 0.25) is 0 Å². The Kier molecular flexibility index (Phi) is 14.4. The number of hydrogen-bond donors (Lipinski definition) is 0. The zero-order valence-electron chi connectivity index (χ0n) is 44.5. The molecule has 1 heterocycles. The van der Waals surface area contributed by atoms with Gasteiger partial charge in [0.1, 0.15) is 28.7 Å². The van der Waals surface area contributed by atoms with Gasteiger partial charge in [-0.1, -0.05) is 173 Å². The Labute approximate surface area is 409 Å². The highest BCUT2D eigenvalue weighted by Gasteiger charge is 2.32. The highest BCUT2D eigenvalue weighted by Crippen LogP contribution is 2.48. The Morgan fingerprint density at radius 3 is 1.19 bits per heavy atom. The van der Waals surface area contributed by atoms with Crippen molar-refractivity contribution >= 4 is 0 Å². The summed E-state index contributed by atoms with van der Waals surface area (Å²) in [7, 11) is 7.34. The van der Waals surface area contributed by atoms with Crippen molar-refractivity contribution in [3.05, 3.63) is 151 Å². The van der Waals surface area contributed by atoms with Crippen LogP contribution in [0, 0.1) is 6.92 Å². The molecule has 7 heteroatoms. The maximum Gasteiger partial charge on any atom is 0.126 e. The number of unbranched alkanes of at least 4 members (excludes halogenated alkanes) is 1. The SMILES string of the molecule is COc1c2cc(C(C)(C)C)cc1Cc1cc(C(C)(C)C)cc(c1OC)C(CCCCn1cc(-c3ccc(C)cc3)nn1)c1cc(C(C)(C)C)cc(c1OC)Cc1cc(C(C)(C)C)cc(c1OC)C2. The van der Waals surface area contributed by atoms with E-state index in [4.69, 9.17) is 18.9 Å². The molecule has 0 saturated carbocycles. The van der Waals surface area contributed by atoms with E-state index < -0.39 is 0 Å². The van der Waals surface area contributed by atoms with E-state index in [1.54, 1.807) is 0 Å². The predicted octanol–water partition coefficient (Wildman–Crippen LogP) is 14.6. The minimum Gasteiger partial charge on any atom is -0.496 e. The van der Waals surface area contributed by atoms with Crippen molar-refractivity contribution in [2.45, 2.75) is 163 Å². The number of rotatable bonds is 10. The third-order valence-electron chi connectivity index (χ3n) is 14.1. The van der Waals surface area contributed by atoms with Gasteiger partial charge < -0.3 is 18.9 Å². The van der Waals surface area contributed by atoms with Crippen LogP contribution in [-0.4, -0.2) is 43.4 Å². The van der Waals surface area contributed by atoms with E-state index in [0.717, 1.165) is 93.4 Å². The van der Waals surface area contributed by atoms with Gasteiger partial charge in [0.25, 0.3) is 0 Å². The molecule has 0 spiro atoms. The average Bonchev–Trinajstić information content (AvgIpc) is 3.73. The normalized spacial score (nSPS) is 13.7. The fraction of sp³-hybridized carbons (Fsp3) is 0.475. The van der Waals surface area contributed by atoms with Gasteiger partial charge in [-0.3, -0.25) is 4.68 Å². The molecule has 1 aliphatic rings. The van der Waals surface area contributed by atoms with Gasteiger partial charge in [0, 0.05) is 48.4 Å². The number of ether oxygens (including phenoxy) is 4. The molecule has 1 aliphatic carbocycles. The van der Waals surface area contributed by atoms with Crippen LogP contribution >= 0.6 is 0 Å². The Hall–Kier alpha value is -5.56. The lowest BCUT2D eigenvalue weighted by Crippen LogP contribution is -2.18. The smallest absolute Gasteiger partial charge is 0.126 e. The van der Waals surface area contributed by atoms with E-state index in [0.29, 0.717) is 19.3 Å². The third-order valence-corrected chi connectivity index (χ3v) is 14.1. The van der Waals surface area contributed by atoms with Crippen molar-refractivity contribution < 1.29 is 18.9 Å². The second-order valence-electron chi connectivity index (χ2n) is 23.5. The first-order valence-corrected chi connectivity index (χ1v) is 24.7. The number of fused-ring (bicyclic) bond motifs is 8. The molecule has 0 atom stereocenters. The molecule has 7 nitrogen and oxygen atoms in total. The molecule has 7 rings (SSSR count). The average molecular weight is 918 g/mol. The van der Waals surface area contributed by atoms with Gasteiger partial charge in [0.05, 0.1) is 34.6 Å². The van der Waals surface area contributed by atoms with Crippen molar-refractivity contribution in [3.8, 4) is 34.3 Å². The molecule has 0 radical (unpaired) electrons. The third kappa shape index (κ3) is 10.8. The largest absolute Gasteiger partial charge is 0.496 e. The van der Waals surface area contributed by atoms with Crippen LogP contribution < -0.4 is 18.9 Å². The number of benzene rings is 5. The maximum atomic E-state index is 6.72. The van der Waals surface area contributed by atoms with Crippen molar-refractivity contribution in [2.75, 3.05) is 28.4 Å². The minimum absolute atomic E-state index is 0.0643.